The van der Waals surface area contributed by atoms with E-state index < -0.39 is 5.97 Å². The van der Waals surface area contributed by atoms with E-state index in [0.29, 0.717) is 11.0 Å². The van der Waals surface area contributed by atoms with Crippen molar-refractivity contribution in [1.82, 2.24) is 19.9 Å². The van der Waals surface area contributed by atoms with Gasteiger partial charge in [0.05, 0.1) is 44.2 Å². The highest BCUT2D eigenvalue weighted by Gasteiger charge is 2.26. The quantitative estimate of drug-likeness (QED) is 0.135. The lowest BCUT2D eigenvalue weighted by molar-refractivity contribution is -0.130. The maximum absolute atomic E-state index is 13.2. The van der Waals surface area contributed by atoms with Crippen LogP contribution in [0.3, 0.4) is 0 Å². The first-order chi connectivity index (χ1) is 20.8. The Hall–Kier alpha value is -1.13. The van der Waals surface area contributed by atoms with Crippen LogP contribution in [0.25, 0.3) is 23.8 Å². The van der Waals surface area contributed by atoms with Crippen LogP contribution in [0.2, 0.25) is 0 Å². The van der Waals surface area contributed by atoms with E-state index in [4.69, 9.17) is 0 Å². The highest BCUT2D eigenvalue weighted by molar-refractivity contribution is 8.03. The maximum atomic E-state index is 13.2. The van der Waals surface area contributed by atoms with Crippen molar-refractivity contribution in [2.45, 2.75) is 39.2 Å². The Balaban J connectivity index is 2.09. The summed E-state index contributed by atoms with van der Waals surface area (Å²) in [6.07, 6.45) is 23.0. The zero-order valence-corrected chi connectivity index (χ0v) is 31.4. The summed E-state index contributed by atoms with van der Waals surface area (Å²) in [6, 6.07) is 0. The topological polar surface area (TPSA) is 100 Å². The molecule has 5 N–H and O–H groups in total. The number of hydrogen-bond acceptors (Lipinski definition) is 9. The number of rotatable bonds is 9. The largest absolute Gasteiger partial charge is 0.478 e. The van der Waals surface area contributed by atoms with Crippen LogP contribution in [0, 0.1) is 0 Å². The van der Waals surface area contributed by atoms with Gasteiger partial charge in [0.2, 0.25) is 0 Å². The van der Waals surface area contributed by atoms with Gasteiger partial charge >= 0.3 is 5.97 Å². The van der Waals surface area contributed by atoms with E-state index in [1.165, 1.54) is 9.79 Å². The van der Waals surface area contributed by atoms with Crippen LogP contribution in [0.5, 0.6) is 0 Å². The van der Waals surface area contributed by atoms with Gasteiger partial charge in [0.1, 0.15) is 5.57 Å². The molecule has 0 radical (unpaired) electrons. The average Bonchev–Trinajstić information content (AvgIpc) is 3.72. The van der Waals surface area contributed by atoms with Gasteiger partial charge in [0.25, 0.3) is 0 Å². The number of fused-ring (bicyclic) bond motifs is 8. The number of aliphatic carboxylic acids is 1. The second-order valence-corrected chi connectivity index (χ2v) is 15.6. The van der Waals surface area contributed by atoms with Crippen molar-refractivity contribution in [2.75, 3.05) is 50.0 Å². The fourth-order valence-electron chi connectivity index (χ4n) is 5.31. The number of aromatic nitrogens is 4. The molecule has 14 heteroatoms. The predicted molar refractivity (Wildman–Crippen MR) is 197 cm³/mol. The van der Waals surface area contributed by atoms with Gasteiger partial charge in [-0.25, -0.2) is 4.79 Å². The smallest absolute Gasteiger partial charge is 0.340 e. The molecule has 5 heterocycles. The van der Waals surface area contributed by atoms with Gasteiger partial charge < -0.3 is 25.0 Å². The normalized spacial score (nSPS) is 12.7. The molecular weight excluding hydrogens is 693 g/mol. The molecule has 0 saturated heterocycles. The van der Waals surface area contributed by atoms with Crippen molar-refractivity contribution in [3.05, 3.63) is 44.2 Å². The van der Waals surface area contributed by atoms with E-state index in [2.05, 4.69) is 63.2 Å². The number of thioether (sulfide) groups is 8. The highest BCUT2D eigenvalue weighted by Crippen LogP contribution is 2.39. The number of aromatic amines is 4. The van der Waals surface area contributed by atoms with Crippen molar-refractivity contribution < 1.29 is 9.90 Å². The third-order valence-corrected chi connectivity index (χ3v) is 14.2. The minimum atomic E-state index is -0.976. The van der Waals surface area contributed by atoms with E-state index >= 15 is 0 Å². The summed E-state index contributed by atoms with van der Waals surface area (Å²) < 4.78 is 0. The van der Waals surface area contributed by atoms with E-state index in [0.717, 1.165) is 62.5 Å². The lowest BCUT2D eigenvalue weighted by Crippen LogP contribution is -2.20. The van der Waals surface area contributed by atoms with E-state index in [-0.39, 0.29) is 5.57 Å². The molecule has 0 saturated carbocycles. The number of H-pyrrole nitrogens is 4. The summed E-state index contributed by atoms with van der Waals surface area (Å²) in [6.45, 7) is 0. The molecular formula is C29H32N4O2S8. The third kappa shape index (κ3) is 5.84. The molecule has 0 aromatic carbocycles. The van der Waals surface area contributed by atoms with Crippen LogP contribution in [0.4, 0.5) is 0 Å². The summed E-state index contributed by atoms with van der Waals surface area (Å²) in [4.78, 5) is 36.3. The molecule has 0 amide bonds. The highest BCUT2D eigenvalue weighted by atomic mass is 32.2. The summed E-state index contributed by atoms with van der Waals surface area (Å²) in [7, 11) is 0. The average molecular weight is 725 g/mol. The predicted octanol–water partition coefficient (Wildman–Crippen LogP) is 5.86. The molecule has 5 rings (SSSR count). The standard InChI is InChI=1S/C29H32N4O2S8/c1-36-21-12-9-13-22(37-2)24(39-4)15(31-13)11-17-26(41-6)28(43-8)20(33-17)18(29(34)35)19-27(42-7)25(40-5)16(32-19)10-14(30-12)23(21)38-3/h9-11,30-33H,1-8H3,(H,34,35). The van der Waals surface area contributed by atoms with Gasteiger partial charge in [-0.05, 0) is 68.3 Å². The van der Waals surface area contributed by atoms with Gasteiger partial charge in [-0.15, -0.1) is 94.1 Å². The lowest BCUT2D eigenvalue weighted by Gasteiger charge is -2.05. The monoisotopic (exact) mass is 724 g/mol. The fourth-order valence-corrected chi connectivity index (χ4v) is 12.4. The van der Waals surface area contributed by atoms with E-state index in [1.807, 2.05) is 25.0 Å². The first-order valence-electron chi connectivity index (χ1n) is 12.8. The maximum Gasteiger partial charge on any atom is 0.340 e. The van der Waals surface area contributed by atoms with Gasteiger partial charge in [-0.2, -0.15) is 0 Å². The fraction of sp³-hybridized carbons (Fsp3) is 0.276. The van der Waals surface area contributed by atoms with E-state index in [9.17, 15) is 9.90 Å². The number of carboxylic acid groups (broad SMARTS) is 1. The molecule has 0 spiro atoms. The zero-order chi connectivity index (χ0) is 31.0. The van der Waals surface area contributed by atoms with Crippen LogP contribution in [0.15, 0.2) is 39.2 Å². The molecule has 228 valence electrons. The Morgan fingerprint density at radius 3 is 1.28 bits per heavy atom. The molecule has 6 nitrogen and oxygen atoms in total. The molecule has 4 aromatic rings. The summed E-state index contributed by atoms with van der Waals surface area (Å²) >= 11 is 13.3. The molecule has 0 fully saturated rings. The van der Waals surface area contributed by atoms with Crippen LogP contribution < -0.4 is 21.4 Å². The number of nitrogens with one attached hydrogen (secondary N) is 4. The third-order valence-electron chi connectivity index (χ3n) is 7.02. The minimum absolute atomic E-state index is 0.239. The number of carbonyl (C=O) groups is 1. The SMILES string of the molecule is CSc1c2[nH]c(c1SC)C=c1[nH]c(c(SC)c1SC)=C(C(=O)O)c1[nH]c(c(SC)c1SC)C=c1[nH]c(c(SC)c1SC)=C2. The first-order valence-corrected chi connectivity index (χ1v) is 22.6. The molecule has 0 unspecified atom stereocenters. The van der Waals surface area contributed by atoms with Crippen molar-refractivity contribution in [3.8, 4) is 0 Å². The second-order valence-electron chi connectivity index (χ2n) is 9.11. The zero-order valence-electron chi connectivity index (χ0n) is 24.9. The molecule has 0 atom stereocenters. The van der Waals surface area contributed by atoms with Crippen LogP contribution in [-0.4, -0.2) is 81.1 Å². The van der Waals surface area contributed by atoms with Crippen LogP contribution >= 0.6 is 94.1 Å². The Bertz CT molecular complexity index is 1970. The summed E-state index contributed by atoms with van der Waals surface area (Å²) in [5.74, 6) is -0.976. The van der Waals surface area contributed by atoms with Gasteiger partial charge in [0.15, 0.2) is 0 Å². The van der Waals surface area contributed by atoms with E-state index in [1.54, 1.807) is 94.1 Å². The molecule has 4 aromatic heterocycles. The Kier molecular flexibility index (Phi) is 10.9. The lowest BCUT2D eigenvalue weighted by atomic mass is 10.2. The second kappa shape index (κ2) is 14.1. The Morgan fingerprint density at radius 2 is 0.860 bits per heavy atom. The van der Waals surface area contributed by atoms with Crippen LogP contribution in [-0.2, 0) is 4.79 Å². The number of carboxylic acids is 1. The Labute approximate surface area is 284 Å². The van der Waals surface area contributed by atoms with Crippen LogP contribution in [0.1, 0.15) is 22.8 Å². The molecule has 43 heavy (non-hydrogen) atoms. The van der Waals surface area contributed by atoms with Gasteiger partial charge in [-0.1, -0.05) is 0 Å². The molecule has 0 aliphatic carbocycles. The summed E-state index contributed by atoms with van der Waals surface area (Å²) in [5.41, 5.74) is 3.78. The van der Waals surface area contributed by atoms with Crippen molar-refractivity contribution in [2.24, 2.45) is 0 Å². The van der Waals surface area contributed by atoms with Crippen molar-refractivity contribution >= 4 is 124 Å². The molecule has 1 aliphatic rings. The Morgan fingerprint density at radius 1 is 0.488 bits per heavy atom. The first kappa shape index (κ1) is 33.2. The minimum Gasteiger partial charge on any atom is -0.478 e. The van der Waals surface area contributed by atoms with Crippen molar-refractivity contribution in [1.29, 1.82) is 0 Å². The molecule has 1 aliphatic heterocycles. The van der Waals surface area contributed by atoms with Gasteiger partial charge in [0, 0.05) is 39.2 Å². The van der Waals surface area contributed by atoms with Crippen molar-refractivity contribution in [3.63, 3.8) is 0 Å². The molecule has 8 bridgehead atoms. The number of hydrogen-bond donors (Lipinski definition) is 5. The summed E-state index contributed by atoms with van der Waals surface area (Å²) in [5, 5.41) is 14.3. The van der Waals surface area contributed by atoms with Gasteiger partial charge in [-0.3, -0.25) is 0 Å².